The fraction of sp³-hybridized carbons (Fsp3) is 0.600. The van der Waals surface area contributed by atoms with Crippen molar-refractivity contribution < 1.29 is 44.3 Å². The standard InChI is InChI=1S/C5BrF9N2O/c6-1(18)2(16-3(7,8)9)17(4(10,11)12)5(13,14)15. The van der Waals surface area contributed by atoms with Crippen LogP contribution in [-0.4, -0.2) is 34.3 Å². The number of carbonyl (C=O) groups is 1. The molecule has 0 radical (unpaired) electrons. The summed E-state index contributed by atoms with van der Waals surface area (Å²) in [5, 5.41) is 0. The molecule has 0 aliphatic carbocycles. The van der Waals surface area contributed by atoms with Crippen LogP contribution in [0.1, 0.15) is 0 Å². The van der Waals surface area contributed by atoms with Crippen LogP contribution >= 0.6 is 15.9 Å². The van der Waals surface area contributed by atoms with E-state index in [1.165, 1.54) is 0 Å². The van der Waals surface area contributed by atoms with Crippen molar-refractivity contribution in [2.75, 3.05) is 0 Å². The van der Waals surface area contributed by atoms with Gasteiger partial charge in [-0.1, -0.05) is 0 Å². The quantitative estimate of drug-likeness (QED) is 0.238. The first kappa shape index (κ1) is 17.0. The van der Waals surface area contributed by atoms with E-state index in [2.05, 4.69) is 0 Å². The molecule has 0 bridgehead atoms. The number of rotatable bonds is 1. The van der Waals surface area contributed by atoms with Crippen molar-refractivity contribution in [3.63, 3.8) is 0 Å². The second-order valence-corrected chi connectivity index (χ2v) is 3.17. The molecular formula is C5BrF9N2O. The molecule has 0 saturated carbocycles. The highest BCUT2D eigenvalue weighted by molar-refractivity contribution is 9.19. The highest BCUT2D eigenvalue weighted by Gasteiger charge is 2.57. The minimum Gasteiger partial charge on any atom is -0.278 e. The van der Waals surface area contributed by atoms with Gasteiger partial charge >= 0.3 is 18.9 Å². The van der Waals surface area contributed by atoms with E-state index in [1.807, 2.05) is 0 Å². The molecular weight excluding hydrogens is 355 g/mol. The van der Waals surface area contributed by atoms with Gasteiger partial charge in [-0.25, -0.2) is 0 Å². The lowest BCUT2D eigenvalue weighted by Crippen LogP contribution is -2.53. The van der Waals surface area contributed by atoms with Crippen LogP contribution in [0.2, 0.25) is 0 Å². The van der Waals surface area contributed by atoms with Crippen LogP contribution in [0, 0.1) is 0 Å². The Balaban J connectivity index is 5.85. The van der Waals surface area contributed by atoms with Gasteiger partial charge in [-0.15, -0.1) is 39.5 Å². The minimum absolute atomic E-state index is 1.15. The summed E-state index contributed by atoms with van der Waals surface area (Å²) in [7, 11) is 0. The molecule has 18 heavy (non-hydrogen) atoms. The van der Waals surface area contributed by atoms with Gasteiger partial charge in [0.15, 0.2) is 0 Å². The predicted molar refractivity (Wildman–Crippen MR) is 41.4 cm³/mol. The topological polar surface area (TPSA) is 32.7 Å². The molecule has 0 aliphatic rings. The predicted octanol–water partition coefficient (Wildman–Crippen LogP) is 3.17. The highest BCUT2D eigenvalue weighted by atomic mass is 79.9. The van der Waals surface area contributed by atoms with E-state index in [1.54, 1.807) is 15.9 Å². The Morgan fingerprint density at radius 3 is 1.39 bits per heavy atom. The van der Waals surface area contributed by atoms with Crippen molar-refractivity contribution in [3.8, 4) is 0 Å². The van der Waals surface area contributed by atoms with E-state index in [-0.39, 0.29) is 0 Å². The Bertz CT molecular complexity index is 339. The largest absolute Gasteiger partial charge is 0.505 e. The Hall–Kier alpha value is -1.01. The zero-order valence-corrected chi connectivity index (χ0v) is 9.17. The number of carbonyl (C=O) groups excluding carboxylic acids is 1. The summed E-state index contributed by atoms with van der Waals surface area (Å²) in [6.45, 7) is 0. The summed E-state index contributed by atoms with van der Waals surface area (Å²) < 4.78 is 105. The molecule has 0 aromatic carbocycles. The molecule has 0 unspecified atom stereocenters. The zero-order chi connectivity index (χ0) is 14.9. The second-order valence-electron chi connectivity index (χ2n) is 2.45. The second kappa shape index (κ2) is 4.93. The van der Waals surface area contributed by atoms with Gasteiger partial charge < -0.3 is 0 Å². The van der Waals surface area contributed by atoms with E-state index < -0.39 is 34.3 Å². The first-order valence-electron chi connectivity index (χ1n) is 3.46. The summed E-state index contributed by atoms with van der Waals surface area (Å²) in [5.74, 6) is -2.89. The van der Waals surface area contributed by atoms with Crippen molar-refractivity contribution >= 4 is 26.5 Å². The zero-order valence-electron chi connectivity index (χ0n) is 7.58. The van der Waals surface area contributed by atoms with E-state index in [4.69, 9.17) is 0 Å². The SMILES string of the molecule is O=C(Br)C(=NC(F)(F)F)N(C(F)(F)F)C(F)(F)F. The van der Waals surface area contributed by atoms with Crippen molar-refractivity contribution in [2.24, 2.45) is 4.99 Å². The van der Waals surface area contributed by atoms with Crippen LogP contribution in [0.5, 0.6) is 0 Å². The van der Waals surface area contributed by atoms with Crippen molar-refractivity contribution in [3.05, 3.63) is 0 Å². The number of aliphatic imine (C=N–C) groups is 1. The van der Waals surface area contributed by atoms with Gasteiger partial charge in [0.25, 0.3) is 4.69 Å². The van der Waals surface area contributed by atoms with Gasteiger partial charge in [-0.05, 0) is 0 Å². The van der Waals surface area contributed by atoms with Crippen LogP contribution in [0.15, 0.2) is 4.99 Å². The Morgan fingerprint density at radius 1 is 0.889 bits per heavy atom. The normalized spacial score (nSPS) is 14.7. The maximum atomic E-state index is 12.0. The highest BCUT2D eigenvalue weighted by Crippen LogP contribution is 2.35. The average molecular weight is 355 g/mol. The van der Waals surface area contributed by atoms with E-state index in [9.17, 15) is 44.3 Å². The molecule has 0 rings (SSSR count). The van der Waals surface area contributed by atoms with Gasteiger partial charge in [0.05, 0.1) is 0 Å². The molecule has 0 spiro atoms. The van der Waals surface area contributed by atoms with Gasteiger partial charge in [0.1, 0.15) is 0 Å². The van der Waals surface area contributed by atoms with Crippen LogP contribution in [0.4, 0.5) is 39.5 Å². The summed E-state index contributed by atoms with van der Waals surface area (Å²) in [4.78, 5) is 8.90. The Labute approximate surface area is 100 Å². The van der Waals surface area contributed by atoms with E-state index in [0.717, 1.165) is 4.99 Å². The van der Waals surface area contributed by atoms with Crippen LogP contribution in [-0.2, 0) is 4.79 Å². The summed E-state index contributed by atoms with van der Waals surface area (Å²) in [5.41, 5.74) is 0. The van der Waals surface area contributed by atoms with E-state index >= 15 is 0 Å². The van der Waals surface area contributed by atoms with Crippen LogP contribution in [0.25, 0.3) is 0 Å². The maximum absolute atomic E-state index is 12.0. The monoisotopic (exact) mass is 354 g/mol. The minimum atomic E-state index is -6.30. The van der Waals surface area contributed by atoms with Gasteiger partial charge in [-0.2, -0.15) is 9.89 Å². The van der Waals surface area contributed by atoms with E-state index in [0.29, 0.717) is 0 Å². The molecule has 0 fully saturated rings. The smallest absolute Gasteiger partial charge is 0.278 e. The van der Waals surface area contributed by atoms with Gasteiger partial charge in [0.2, 0.25) is 5.84 Å². The lowest BCUT2D eigenvalue weighted by atomic mass is 10.5. The number of hydrogen-bond donors (Lipinski definition) is 0. The molecule has 0 amide bonds. The third kappa shape index (κ3) is 5.10. The Kier molecular flexibility index (Phi) is 4.66. The maximum Gasteiger partial charge on any atom is 0.505 e. The fourth-order valence-electron chi connectivity index (χ4n) is 0.686. The molecule has 0 saturated heterocycles. The molecule has 13 heteroatoms. The molecule has 3 nitrogen and oxygen atoms in total. The molecule has 0 aliphatic heterocycles. The molecule has 0 heterocycles. The first-order valence-corrected chi connectivity index (χ1v) is 4.25. The average Bonchev–Trinajstić information content (AvgIpc) is 1.93. The molecule has 0 N–H and O–H groups in total. The van der Waals surface area contributed by atoms with Crippen LogP contribution in [0.3, 0.4) is 0 Å². The van der Waals surface area contributed by atoms with Crippen LogP contribution < -0.4 is 0 Å². The molecule has 106 valence electrons. The number of halogens is 10. The van der Waals surface area contributed by atoms with Crippen molar-refractivity contribution in [1.82, 2.24) is 4.90 Å². The lowest BCUT2D eigenvalue weighted by Gasteiger charge is -2.27. The number of hydrogen-bond acceptors (Lipinski definition) is 2. The lowest BCUT2D eigenvalue weighted by molar-refractivity contribution is -0.343. The number of nitrogens with zero attached hydrogens (tertiary/aromatic N) is 2. The molecule has 0 aromatic rings. The third-order valence-electron chi connectivity index (χ3n) is 1.13. The number of alkyl halides is 9. The molecule has 0 atom stereocenters. The van der Waals surface area contributed by atoms with Crippen molar-refractivity contribution in [2.45, 2.75) is 18.9 Å². The first-order chi connectivity index (χ1) is 7.66. The Morgan fingerprint density at radius 2 is 1.22 bits per heavy atom. The number of amidine groups is 1. The third-order valence-corrected chi connectivity index (χ3v) is 1.48. The van der Waals surface area contributed by atoms with Crippen molar-refractivity contribution in [1.29, 1.82) is 0 Å². The summed E-state index contributed by atoms with van der Waals surface area (Å²) in [6, 6.07) is 0. The van der Waals surface area contributed by atoms with Gasteiger partial charge in [-0.3, -0.25) is 4.79 Å². The fourth-order valence-corrected chi connectivity index (χ4v) is 0.952. The molecule has 0 aromatic heterocycles. The summed E-state index contributed by atoms with van der Waals surface area (Å²) in [6.07, 6.45) is -18.4. The summed E-state index contributed by atoms with van der Waals surface area (Å²) >= 11 is 1.57. The van der Waals surface area contributed by atoms with Gasteiger partial charge in [0, 0.05) is 15.9 Å².